The van der Waals surface area contributed by atoms with E-state index in [-0.39, 0.29) is 13.0 Å². The fourth-order valence-electron chi connectivity index (χ4n) is 1.76. The summed E-state index contributed by atoms with van der Waals surface area (Å²) in [6, 6.07) is -0.635. The van der Waals surface area contributed by atoms with Crippen LogP contribution >= 0.6 is 7.60 Å². The average Bonchev–Trinajstić information content (AvgIpc) is 2.60. The molecule has 92 valence electrons. The quantitative estimate of drug-likeness (QED) is 0.571. The number of hydrogen-bond donors (Lipinski definition) is 3. The summed E-state index contributed by atoms with van der Waals surface area (Å²) in [6.07, 6.45) is 0.925. The summed E-state index contributed by atoms with van der Waals surface area (Å²) < 4.78 is 10.6. The number of carbonyl (C=O) groups is 2. The summed E-state index contributed by atoms with van der Waals surface area (Å²) in [5.74, 6) is -0.957. The maximum Gasteiger partial charge on any atom is 0.391 e. The second-order valence-electron chi connectivity index (χ2n) is 3.72. The molecular weight excluding hydrogens is 237 g/mol. The van der Waals surface area contributed by atoms with E-state index in [0.29, 0.717) is 13.0 Å². The maximum absolute atomic E-state index is 11.0. The Balaban J connectivity index is 2.47. The van der Waals surface area contributed by atoms with Crippen molar-refractivity contribution in [3.05, 3.63) is 0 Å². The minimum atomic E-state index is -4.67. The largest absolute Gasteiger partial charge is 0.480 e. The van der Waals surface area contributed by atoms with Gasteiger partial charge in [0.1, 0.15) is 6.04 Å². The Morgan fingerprint density at radius 2 is 2.00 bits per heavy atom. The standard InChI is InChI=1S/C8H14NO6P/c10-7(16(13,14)15)3-5-9-4-1-2-6(9)8(11)12/h6H,1-5H2,(H,11,12)(H2,13,14,15)/t6-/m0/s1. The van der Waals surface area contributed by atoms with Crippen LogP contribution in [0.15, 0.2) is 0 Å². The zero-order chi connectivity index (χ0) is 12.3. The van der Waals surface area contributed by atoms with Crippen molar-refractivity contribution in [2.75, 3.05) is 13.1 Å². The van der Waals surface area contributed by atoms with Crippen molar-refractivity contribution < 1.29 is 29.0 Å². The molecule has 16 heavy (non-hydrogen) atoms. The molecule has 7 nitrogen and oxygen atoms in total. The Bertz CT molecular complexity index is 337. The molecule has 1 fully saturated rings. The molecule has 1 aliphatic rings. The number of nitrogens with zero attached hydrogens (tertiary/aromatic N) is 1. The molecule has 0 bridgehead atoms. The second kappa shape index (κ2) is 5.05. The van der Waals surface area contributed by atoms with E-state index in [1.807, 2.05) is 0 Å². The van der Waals surface area contributed by atoms with Gasteiger partial charge in [-0.25, -0.2) is 0 Å². The van der Waals surface area contributed by atoms with Crippen LogP contribution in [-0.2, 0) is 14.2 Å². The molecule has 1 heterocycles. The van der Waals surface area contributed by atoms with Crippen molar-refractivity contribution >= 4 is 19.1 Å². The van der Waals surface area contributed by atoms with E-state index in [4.69, 9.17) is 14.9 Å². The van der Waals surface area contributed by atoms with E-state index in [1.165, 1.54) is 0 Å². The molecular formula is C8H14NO6P. The molecule has 0 spiro atoms. The molecule has 0 aromatic heterocycles. The minimum absolute atomic E-state index is 0.0842. The predicted octanol–water partition coefficient (Wildman–Crippen LogP) is -0.370. The molecule has 1 aliphatic heterocycles. The third-order valence-corrected chi connectivity index (χ3v) is 3.46. The molecule has 0 aromatic carbocycles. The van der Waals surface area contributed by atoms with Gasteiger partial charge >= 0.3 is 13.6 Å². The lowest BCUT2D eigenvalue weighted by molar-refractivity contribution is -0.142. The van der Waals surface area contributed by atoms with Gasteiger partial charge in [-0.1, -0.05) is 0 Å². The summed E-state index contributed by atoms with van der Waals surface area (Å²) in [7, 11) is -4.67. The smallest absolute Gasteiger partial charge is 0.391 e. The molecule has 1 saturated heterocycles. The topological polar surface area (TPSA) is 115 Å². The summed E-state index contributed by atoms with van der Waals surface area (Å²) in [5.41, 5.74) is -1.14. The first kappa shape index (κ1) is 13.3. The molecule has 3 N–H and O–H groups in total. The van der Waals surface area contributed by atoms with E-state index in [9.17, 15) is 14.2 Å². The first-order chi connectivity index (χ1) is 7.32. The van der Waals surface area contributed by atoms with Gasteiger partial charge < -0.3 is 14.9 Å². The molecule has 1 atom stereocenters. The summed E-state index contributed by atoms with van der Waals surface area (Å²) in [4.78, 5) is 40.4. The van der Waals surface area contributed by atoms with Crippen LogP contribution < -0.4 is 0 Å². The lowest BCUT2D eigenvalue weighted by Crippen LogP contribution is -2.37. The lowest BCUT2D eigenvalue weighted by atomic mass is 10.2. The highest BCUT2D eigenvalue weighted by Gasteiger charge is 2.32. The molecule has 0 unspecified atom stereocenters. The third-order valence-electron chi connectivity index (χ3n) is 2.59. The van der Waals surface area contributed by atoms with Gasteiger partial charge in [0.2, 0.25) is 5.52 Å². The van der Waals surface area contributed by atoms with Crippen molar-refractivity contribution in [1.29, 1.82) is 0 Å². The second-order valence-corrected chi connectivity index (χ2v) is 5.31. The van der Waals surface area contributed by atoms with E-state index in [1.54, 1.807) is 4.90 Å². The van der Waals surface area contributed by atoms with Crippen molar-refractivity contribution in [3.63, 3.8) is 0 Å². The SMILES string of the molecule is O=C(O)[C@@H]1CCCN1CCC(=O)P(=O)(O)O. The van der Waals surface area contributed by atoms with Crippen molar-refractivity contribution in [2.45, 2.75) is 25.3 Å². The highest BCUT2D eigenvalue weighted by Crippen LogP contribution is 2.37. The molecule has 0 aliphatic carbocycles. The Kier molecular flexibility index (Phi) is 4.21. The van der Waals surface area contributed by atoms with Crippen LogP contribution in [0.25, 0.3) is 0 Å². The van der Waals surface area contributed by atoms with Crippen LogP contribution in [0.3, 0.4) is 0 Å². The van der Waals surface area contributed by atoms with Gasteiger partial charge in [0.15, 0.2) is 0 Å². The predicted molar refractivity (Wildman–Crippen MR) is 53.9 cm³/mol. The van der Waals surface area contributed by atoms with E-state index in [0.717, 1.165) is 6.42 Å². The zero-order valence-corrected chi connectivity index (χ0v) is 9.47. The fraction of sp³-hybridized carbons (Fsp3) is 0.750. The number of carboxylic acid groups (broad SMARTS) is 1. The molecule has 0 saturated carbocycles. The third kappa shape index (κ3) is 3.38. The highest BCUT2D eigenvalue weighted by atomic mass is 31.2. The molecule has 0 amide bonds. The van der Waals surface area contributed by atoms with Gasteiger partial charge in [-0.3, -0.25) is 19.1 Å². The molecule has 1 rings (SSSR count). The molecule has 0 aromatic rings. The molecule has 0 radical (unpaired) electrons. The summed E-state index contributed by atoms with van der Waals surface area (Å²) in [5, 5.41) is 8.83. The van der Waals surface area contributed by atoms with Gasteiger partial charge in [-0.2, -0.15) is 0 Å². The van der Waals surface area contributed by atoms with Gasteiger partial charge in [-0.05, 0) is 19.4 Å². The van der Waals surface area contributed by atoms with Gasteiger partial charge in [-0.15, -0.1) is 0 Å². The maximum atomic E-state index is 11.0. The Morgan fingerprint density at radius 1 is 1.38 bits per heavy atom. The van der Waals surface area contributed by atoms with E-state index >= 15 is 0 Å². The Hall–Kier alpha value is -0.750. The fourth-order valence-corrected chi connectivity index (χ4v) is 2.15. The average molecular weight is 251 g/mol. The van der Waals surface area contributed by atoms with Crippen LogP contribution in [0.1, 0.15) is 19.3 Å². The van der Waals surface area contributed by atoms with E-state index in [2.05, 4.69) is 0 Å². The normalized spacial score (nSPS) is 22.2. The number of hydrogen-bond acceptors (Lipinski definition) is 4. The van der Waals surface area contributed by atoms with Crippen LogP contribution in [-0.4, -0.2) is 50.4 Å². The number of likely N-dealkylation sites (tertiary alicyclic amines) is 1. The van der Waals surface area contributed by atoms with Crippen molar-refractivity contribution in [3.8, 4) is 0 Å². The van der Waals surface area contributed by atoms with Crippen LogP contribution in [0.5, 0.6) is 0 Å². The van der Waals surface area contributed by atoms with Gasteiger partial charge in [0.25, 0.3) is 0 Å². The number of carbonyl (C=O) groups excluding carboxylic acids is 1. The van der Waals surface area contributed by atoms with E-state index < -0.39 is 25.1 Å². The molecule has 8 heteroatoms. The first-order valence-electron chi connectivity index (χ1n) is 4.88. The van der Waals surface area contributed by atoms with Gasteiger partial charge in [0.05, 0.1) is 0 Å². The zero-order valence-electron chi connectivity index (χ0n) is 8.57. The van der Waals surface area contributed by atoms with Gasteiger partial charge in [0, 0.05) is 13.0 Å². The number of aliphatic carboxylic acids is 1. The van der Waals surface area contributed by atoms with Crippen LogP contribution in [0, 0.1) is 0 Å². The van der Waals surface area contributed by atoms with Crippen LogP contribution in [0.4, 0.5) is 0 Å². The summed E-state index contributed by atoms with van der Waals surface area (Å²) in [6.45, 7) is 0.631. The Labute approximate surface area is 92.2 Å². The summed E-state index contributed by atoms with van der Waals surface area (Å²) >= 11 is 0. The first-order valence-corrected chi connectivity index (χ1v) is 6.49. The number of carboxylic acids is 1. The highest BCUT2D eigenvalue weighted by molar-refractivity contribution is 7.70. The van der Waals surface area contributed by atoms with Crippen molar-refractivity contribution in [1.82, 2.24) is 4.90 Å². The Morgan fingerprint density at radius 3 is 2.50 bits per heavy atom. The lowest BCUT2D eigenvalue weighted by Gasteiger charge is -2.20. The minimum Gasteiger partial charge on any atom is -0.480 e. The van der Waals surface area contributed by atoms with Crippen LogP contribution in [0.2, 0.25) is 0 Å². The number of rotatable bonds is 5. The monoisotopic (exact) mass is 251 g/mol. The van der Waals surface area contributed by atoms with Crippen molar-refractivity contribution in [2.24, 2.45) is 0 Å².